The molecular weight excluding hydrogens is 507 g/mol. The maximum atomic E-state index is 6.85. The molecule has 1 fully saturated rings. The van der Waals surface area contributed by atoms with Crippen LogP contribution in [-0.2, 0) is 30.0 Å². The third-order valence-electron chi connectivity index (χ3n) is 5.53. The van der Waals surface area contributed by atoms with Crippen LogP contribution in [0.4, 0.5) is 0 Å². The van der Waals surface area contributed by atoms with Crippen molar-refractivity contribution in [2.24, 2.45) is 0 Å². The molecule has 14 heteroatoms. The van der Waals surface area contributed by atoms with E-state index in [0.717, 1.165) is 18.9 Å². The largest absolute Gasteiger partial charge is 0.500 e. The average molecular weight is 558 g/mol. The van der Waals surface area contributed by atoms with E-state index < -0.39 is 35.0 Å². The van der Waals surface area contributed by atoms with Gasteiger partial charge in [0.2, 0.25) is 0 Å². The van der Waals surface area contributed by atoms with Gasteiger partial charge in [-0.05, 0) is 12.6 Å². The van der Waals surface area contributed by atoms with E-state index in [4.69, 9.17) is 30.0 Å². The Balaban J connectivity index is 3.50. The Morgan fingerprint density at radius 3 is 1.06 bits per heavy atom. The fourth-order valence-corrected chi connectivity index (χ4v) is 22.7. The first-order valence-electron chi connectivity index (χ1n) is 13.0. The van der Waals surface area contributed by atoms with E-state index in [-0.39, 0.29) is 0 Å². The molecule has 0 bridgehead atoms. The fourth-order valence-electron chi connectivity index (χ4n) is 4.01. The standard InChI is InChI=1S/C20H51N3O7Si4/c1-12-19-20-31(8)27-32(9,24-21(13-2)14-3)29-34(11,26-23(17-6)18-7)30-33(10,28-31)25-22(15-4)16-5/h12-20H2,1-11H3. The third-order valence-corrected chi connectivity index (χ3v) is 20.9. The van der Waals surface area contributed by atoms with E-state index >= 15 is 0 Å². The molecule has 2 unspecified atom stereocenters. The molecule has 0 aromatic rings. The van der Waals surface area contributed by atoms with Gasteiger partial charge in [0, 0.05) is 58.9 Å². The van der Waals surface area contributed by atoms with E-state index in [9.17, 15) is 0 Å². The maximum absolute atomic E-state index is 6.85. The van der Waals surface area contributed by atoms with Crippen LogP contribution in [0.15, 0.2) is 0 Å². The third kappa shape index (κ3) is 10.1. The second kappa shape index (κ2) is 14.4. The minimum atomic E-state index is -3.36. The van der Waals surface area contributed by atoms with Crippen molar-refractivity contribution in [2.45, 2.75) is 93.5 Å². The number of hydrogen-bond donors (Lipinski definition) is 0. The summed E-state index contributed by atoms with van der Waals surface area (Å²) < 4.78 is 46.5. The summed E-state index contributed by atoms with van der Waals surface area (Å²) in [5.41, 5.74) is 0. The average Bonchev–Trinajstić information content (AvgIpc) is 2.76. The minimum Gasteiger partial charge on any atom is -0.393 e. The normalized spacial score (nSPS) is 33.0. The molecule has 1 heterocycles. The lowest BCUT2D eigenvalue weighted by Gasteiger charge is -2.49. The predicted octanol–water partition coefficient (Wildman–Crippen LogP) is 4.46. The summed E-state index contributed by atoms with van der Waals surface area (Å²) in [5, 5.41) is 5.59. The Morgan fingerprint density at radius 2 is 0.794 bits per heavy atom. The van der Waals surface area contributed by atoms with Gasteiger partial charge in [-0.15, -0.1) is 0 Å². The number of hydrogen-bond acceptors (Lipinski definition) is 10. The van der Waals surface area contributed by atoms with E-state index in [1.54, 1.807) is 0 Å². The van der Waals surface area contributed by atoms with Crippen LogP contribution in [0.25, 0.3) is 0 Å². The molecule has 0 N–H and O–H groups in total. The van der Waals surface area contributed by atoms with Gasteiger partial charge in [0.15, 0.2) is 0 Å². The second-order valence-electron chi connectivity index (χ2n) is 8.85. The number of unbranched alkanes of at least 4 members (excludes halogenated alkanes) is 1. The highest BCUT2D eigenvalue weighted by Crippen LogP contribution is 2.35. The fraction of sp³-hybridized carbons (Fsp3) is 1.00. The Labute approximate surface area is 212 Å². The molecule has 34 heavy (non-hydrogen) atoms. The van der Waals surface area contributed by atoms with Crippen LogP contribution in [0, 0.1) is 0 Å². The highest BCUT2D eigenvalue weighted by Gasteiger charge is 2.63. The summed E-state index contributed by atoms with van der Waals surface area (Å²) >= 11 is 0. The summed E-state index contributed by atoms with van der Waals surface area (Å²) in [4.78, 5) is 0. The molecule has 10 nitrogen and oxygen atoms in total. The molecule has 0 saturated carbocycles. The van der Waals surface area contributed by atoms with Gasteiger partial charge >= 0.3 is 35.0 Å². The van der Waals surface area contributed by atoms with Crippen LogP contribution in [0.2, 0.25) is 32.2 Å². The molecule has 0 radical (unpaired) electrons. The molecule has 0 spiro atoms. The monoisotopic (exact) mass is 557 g/mol. The lowest BCUT2D eigenvalue weighted by molar-refractivity contribution is -0.143. The highest BCUT2D eigenvalue weighted by atomic mass is 28.5. The van der Waals surface area contributed by atoms with Gasteiger partial charge in [0.05, 0.1) is 0 Å². The van der Waals surface area contributed by atoms with Gasteiger partial charge in [-0.1, -0.05) is 61.3 Å². The smallest absolute Gasteiger partial charge is 0.393 e. The van der Waals surface area contributed by atoms with Crippen LogP contribution >= 0.6 is 0 Å². The maximum Gasteiger partial charge on any atom is 0.500 e. The van der Waals surface area contributed by atoms with Gasteiger partial charge in [-0.3, -0.25) is 13.6 Å². The Hall–Kier alpha value is 0.468. The summed E-state index contributed by atoms with van der Waals surface area (Å²) in [5.74, 6) is 0. The van der Waals surface area contributed by atoms with Gasteiger partial charge < -0.3 is 16.5 Å². The second-order valence-corrected chi connectivity index (χ2v) is 20.6. The van der Waals surface area contributed by atoms with Crippen LogP contribution in [0.5, 0.6) is 0 Å². The Morgan fingerprint density at radius 1 is 0.500 bits per heavy atom. The zero-order valence-corrected chi connectivity index (χ0v) is 27.6. The first-order valence-corrected chi connectivity index (χ1v) is 22.2. The number of nitrogens with zero attached hydrogens (tertiary/aromatic N) is 3. The summed E-state index contributed by atoms with van der Waals surface area (Å²) in [6, 6.07) is 0.805. The van der Waals surface area contributed by atoms with Gasteiger partial charge in [0.25, 0.3) is 0 Å². The summed E-state index contributed by atoms with van der Waals surface area (Å²) in [6.07, 6.45) is 2.03. The van der Waals surface area contributed by atoms with Crippen molar-refractivity contribution in [3.05, 3.63) is 0 Å². The topological polar surface area (TPSA) is 74.3 Å². The van der Waals surface area contributed by atoms with Crippen molar-refractivity contribution in [3.63, 3.8) is 0 Å². The first-order chi connectivity index (χ1) is 15.9. The molecular formula is C20H51N3O7Si4. The first kappa shape index (κ1) is 32.5. The number of rotatable bonds is 15. The van der Waals surface area contributed by atoms with Crippen LogP contribution in [0.3, 0.4) is 0 Å². The quantitative estimate of drug-likeness (QED) is 0.213. The molecule has 1 aliphatic rings. The Kier molecular flexibility index (Phi) is 13.8. The molecule has 0 aromatic heterocycles. The lowest BCUT2D eigenvalue weighted by atomic mass is 10.4. The zero-order chi connectivity index (χ0) is 26.0. The van der Waals surface area contributed by atoms with Crippen LogP contribution in [0.1, 0.15) is 61.3 Å². The summed E-state index contributed by atoms with van der Waals surface area (Å²) in [6.45, 7) is 26.5. The molecule has 1 aliphatic heterocycles. The Bertz CT molecular complexity index is 556. The molecule has 0 amide bonds. The molecule has 1 saturated heterocycles. The zero-order valence-electron chi connectivity index (χ0n) is 23.6. The van der Waals surface area contributed by atoms with Crippen LogP contribution in [-0.4, -0.2) is 89.4 Å². The minimum absolute atomic E-state index is 0.695. The molecule has 204 valence electrons. The van der Waals surface area contributed by atoms with Gasteiger partial charge in [0.1, 0.15) is 0 Å². The van der Waals surface area contributed by atoms with Crippen molar-refractivity contribution in [1.29, 1.82) is 0 Å². The van der Waals surface area contributed by atoms with Crippen molar-refractivity contribution >= 4 is 35.0 Å². The van der Waals surface area contributed by atoms with Crippen molar-refractivity contribution < 1.29 is 30.0 Å². The van der Waals surface area contributed by atoms with E-state index in [2.05, 4.69) is 41.2 Å². The van der Waals surface area contributed by atoms with Gasteiger partial charge in [-0.25, -0.2) is 0 Å². The SMILES string of the molecule is CCCC[Si]1(C)O[Si](C)(ON(CC)CC)O[Si](C)(ON(CC)CC)O[Si](C)(ON(CC)CC)O1. The molecule has 1 rings (SSSR count). The summed E-state index contributed by atoms with van der Waals surface area (Å²) in [7, 11) is -12.7. The molecule has 2 atom stereocenters. The van der Waals surface area contributed by atoms with Crippen LogP contribution < -0.4 is 0 Å². The highest BCUT2D eigenvalue weighted by molar-refractivity contribution is 6.89. The van der Waals surface area contributed by atoms with Crippen molar-refractivity contribution in [3.8, 4) is 0 Å². The molecule has 0 aliphatic carbocycles. The van der Waals surface area contributed by atoms with E-state index in [1.807, 2.05) is 48.7 Å². The van der Waals surface area contributed by atoms with E-state index in [0.29, 0.717) is 39.3 Å². The van der Waals surface area contributed by atoms with Gasteiger partial charge in [-0.2, -0.15) is 15.2 Å². The lowest BCUT2D eigenvalue weighted by Crippen LogP contribution is -2.71. The van der Waals surface area contributed by atoms with Crippen molar-refractivity contribution in [1.82, 2.24) is 15.2 Å². The predicted molar refractivity (Wildman–Crippen MR) is 143 cm³/mol. The number of hydroxylamine groups is 6. The van der Waals surface area contributed by atoms with Crippen molar-refractivity contribution in [2.75, 3.05) is 39.3 Å². The van der Waals surface area contributed by atoms with E-state index in [1.165, 1.54) is 0 Å². The molecule has 0 aromatic carbocycles.